The third-order valence-corrected chi connectivity index (χ3v) is 7.89. The van der Waals surface area contributed by atoms with Crippen molar-refractivity contribution in [1.82, 2.24) is 0 Å². The molecule has 3 aromatic rings. The zero-order valence-corrected chi connectivity index (χ0v) is 19.0. The van der Waals surface area contributed by atoms with Crippen LogP contribution in [-0.4, -0.2) is 19.5 Å². The lowest BCUT2D eigenvalue weighted by atomic mass is 9.77. The highest BCUT2D eigenvalue weighted by Gasteiger charge is 2.38. The molecule has 0 spiro atoms. The van der Waals surface area contributed by atoms with Crippen LogP contribution in [-0.2, 0) is 10.0 Å². The number of allylic oxidation sites excluding steroid dienone is 2. The molecular weight excluding hydrogens is 460 g/mol. The topological polar surface area (TPSA) is 95.5 Å². The number of hydrogen-bond acceptors (Lipinski definition) is 4. The first kappa shape index (κ1) is 21.6. The second-order valence-electron chi connectivity index (χ2n) is 8.26. The summed E-state index contributed by atoms with van der Waals surface area (Å²) in [5.74, 6) is -0.684. The van der Waals surface area contributed by atoms with Crippen molar-refractivity contribution in [3.05, 3.63) is 101 Å². The van der Waals surface area contributed by atoms with Gasteiger partial charge in [0.15, 0.2) is 0 Å². The Labute approximate surface area is 197 Å². The SMILES string of the molecule is O=C(O)c1ccc([C@H]2Nc3ccc(S(=O)(=O)Nc4ccc(Cl)cc4)cc3[C@H]3C=CC[C@H]32)cc1. The molecule has 0 unspecified atom stereocenters. The van der Waals surface area contributed by atoms with Gasteiger partial charge in [-0.1, -0.05) is 35.9 Å². The summed E-state index contributed by atoms with van der Waals surface area (Å²) in [6.07, 6.45) is 5.10. The molecular formula is C25H21ClN2O4S. The van der Waals surface area contributed by atoms with Gasteiger partial charge in [-0.05, 0) is 78.1 Å². The van der Waals surface area contributed by atoms with Crippen LogP contribution in [0.5, 0.6) is 0 Å². The average Bonchev–Trinajstić information content (AvgIpc) is 3.30. The molecule has 168 valence electrons. The highest BCUT2D eigenvalue weighted by atomic mass is 35.5. The number of carboxylic acids is 1. The van der Waals surface area contributed by atoms with Gasteiger partial charge in [-0.15, -0.1) is 0 Å². The van der Waals surface area contributed by atoms with Gasteiger partial charge in [0.25, 0.3) is 10.0 Å². The molecule has 1 aliphatic heterocycles. The third kappa shape index (κ3) is 4.10. The predicted octanol–water partition coefficient (Wildman–Crippen LogP) is 5.67. The van der Waals surface area contributed by atoms with Gasteiger partial charge in [-0.25, -0.2) is 13.2 Å². The Kier molecular flexibility index (Phi) is 5.38. The molecule has 0 fully saturated rings. The fourth-order valence-corrected chi connectivity index (χ4v) is 5.85. The fraction of sp³-hybridized carbons (Fsp3) is 0.160. The van der Waals surface area contributed by atoms with Crippen LogP contribution in [0.15, 0.2) is 83.8 Å². The van der Waals surface area contributed by atoms with Crippen molar-refractivity contribution in [2.75, 3.05) is 10.0 Å². The molecule has 33 heavy (non-hydrogen) atoms. The highest BCUT2D eigenvalue weighted by Crippen LogP contribution is 2.50. The van der Waals surface area contributed by atoms with Crippen LogP contribution in [0.2, 0.25) is 5.02 Å². The lowest BCUT2D eigenvalue weighted by Gasteiger charge is -2.37. The largest absolute Gasteiger partial charge is 0.478 e. The number of fused-ring (bicyclic) bond motifs is 3. The minimum Gasteiger partial charge on any atom is -0.478 e. The fourth-order valence-electron chi connectivity index (χ4n) is 4.63. The van der Waals surface area contributed by atoms with Crippen LogP contribution >= 0.6 is 11.6 Å². The number of hydrogen-bond donors (Lipinski definition) is 3. The monoisotopic (exact) mass is 480 g/mol. The smallest absolute Gasteiger partial charge is 0.335 e. The molecule has 1 aliphatic carbocycles. The normalized spacial score (nSPS) is 21.1. The van der Waals surface area contributed by atoms with E-state index in [-0.39, 0.29) is 28.3 Å². The van der Waals surface area contributed by atoms with Gasteiger partial charge in [-0.2, -0.15) is 0 Å². The Bertz CT molecular complexity index is 1350. The van der Waals surface area contributed by atoms with Crippen molar-refractivity contribution >= 4 is 39.0 Å². The number of aromatic carboxylic acids is 1. The van der Waals surface area contributed by atoms with Crippen LogP contribution in [0, 0.1) is 5.92 Å². The van der Waals surface area contributed by atoms with Crippen LogP contribution in [0.25, 0.3) is 0 Å². The van der Waals surface area contributed by atoms with Crippen molar-refractivity contribution in [2.24, 2.45) is 5.92 Å². The van der Waals surface area contributed by atoms with Gasteiger partial charge in [0.1, 0.15) is 0 Å². The molecule has 3 aromatic carbocycles. The van der Waals surface area contributed by atoms with E-state index in [0.717, 1.165) is 23.2 Å². The van der Waals surface area contributed by atoms with E-state index in [0.29, 0.717) is 10.7 Å². The maximum absolute atomic E-state index is 13.0. The Morgan fingerprint density at radius 2 is 1.76 bits per heavy atom. The van der Waals surface area contributed by atoms with Crippen molar-refractivity contribution in [3.63, 3.8) is 0 Å². The number of benzene rings is 3. The molecule has 0 saturated carbocycles. The molecule has 0 radical (unpaired) electrons. The lowest BCUT2D eigenvalue weighted by molar-refractivity contribution is 0.0697. The van der Waals surface area contributed by atoms with Gasteiger partial charge in [0, 0.05) is 22.3 Å². The van der Waals surface area contributed by atoms with Crippen LogP contribution in [0.4, 0.5) is 11.4 Å². The average molecular weight is 481 g/mol. The number of sulfonamides is 1. The number of halogens is 1. The molecule has 0 saturated heterocycles. The minimum absolute atomic E-state index is 0.00463. The molecule has 5 rings (SSSR count). The van der Waals surface area contributed by atoms with E-state index < -0.39 is 16.0 Å². The molecule has 0 amide bonds. The number of rotatable bonds is 5. The summed E-state index contributed by atoms with van der Waals surface area (Å²) in [7, 11) is -3.77. The van der Waals surface area contributed by atoms with Gasteiger partial charge < -0.3 is 10.4 Å². The molecule has 8 heteroatoms. The summed E-state index contributed by atoms with van der Waals surface area (Å²) in [6, 6.07) is 18.5. The van der Waals surface area contributed by atoms with Crippen molar-refractivity contribution in [3.8, 4) is 0 Å². The molecule has 0 aromatic heterocycles. The summed E-state index contributed by atoms with van der Waals surface area (Å²) in [4.78, 5) is 11.4. The molecule has 0 bridgehead atoms. The van der Waals surface area contributed by atoms with Crippen LogP contribution < -0.4 is 10.0 Å². The summed E-state index contributed by atoms with van der Waals surface area (Å²) in [5, 5.41) is 13.3. The predicted molar refractivity (Wildman–Crippen MR) is 128 cm³/mol. The van der Waals surface area contributed by atoms with Gasteiger partial charge in [0.2, 0.25) is 0 Å². The molecule has 2 aliphatic rings. The van der Waals surface area contributed by atoms with E-state index in [1.54, 1.807) is 54.6 Å². The quantitative estimate of drug-likeness (QED) is 0.409. The first-order valence-electron chi connectivity index (χ1n) is 10.5. The van der Waals surface area contributed by atoms with Gasteiger partial charge >= 0.3 is 5.97 Å². The van der Waals surface area contributed by atoms with E-state index in [2.05, 4.69) is 22.2 Å². The lowest BCUT2D eigenvalue weighted by Crippen LogP contribution is -2.29. The van der Waals surface area contributed by atoms with Crippen molar-refractivity contribution in [1.29, 1.82) is 0 Å². The standard InChI is InChI=1S/C25H21ClN2O4S/c26-17-8-10-18(11-9-17)28-33(31,32)19-12-13-23-22(14-19)20-2-1-3-21(20)24(27-23)15-4-6-16(7-5-15)25(29)30/h1-2,4-14,20-21,24,27-28H,3H2,(H,29,30)/t20-,21+,24+/m0/s1. The highest BCUT2D eigenvalue weighted by molar-refractivity contribution is 7.92. The first-order valence-corrected chi connectivity index (χ1v) is 12.4. The summed E-state index contributed by atoms with van der Waals surface area (Å²) in [5.41, 5.74) is 3.51. The first-order chi connectivity index (χ1) is 15.8. The van der Waals surface area contributed by atoms with E-state index >= 15 is 0 Å². The van der Waals surface area contributed by atoms with Gasteiger partial charge in [0.05, 0.1) is 16.5 Å². The summed E-state index contributed by atoms with van der Waals surface area (Å²) >= 11 is 5.89. The zero-order chi connectivity index (χ0) is 23.2. The minimum atomic E-state index is -3.77. The molecule has 3 atom stereocenters. The van der Waals surface area contributed by atoms with Gasteiger partial charge in [-0.3, -0.25) is 4.72 Å². The van der Waals surface area contributed by atoms with Crippen LogP contribution in [0.3, 0.4) is 0 Å². The Morgan fingerprint density at radius 3 is 2.45 bits per heavy atom. The second-order valence-corrected chi connectivity index (χ2v) is 10.4. The number of nitrogens with one attached hydrogen (secondary N) is 2. The Hall–Kier alpha value is -3.29. The number of anilines is 2. The van der Waals surface area contributed by atoms with E-state index in [1.165, 1.54) is 0 Å². The van der Waals surface area contributed by atoms with E-state index in [4.69, 9.17) is 11.6 Å². The summed E-state index contributed by atoms with van der Waals surface area (Å²) in [6.45, 7) is 0. The number of carbonyl (C=O) groups is 1. The maximum atomic E-state index is 13.0. The third-order valence-electron chi connectivity index (χ3n) is 6.26. The number of carboxylic acid groups (broad SMARTS) is 1. The second kappa shape index (κ2) is 8.24. The molecule has 6 nitrogen and oxygen atoms in total. The zero-order valence-electron chi connectivity index (χ0n) is 17.4. The molecule has 1 heterocycles. The van der Waals surface area contributed by atoms with Crippen molar-refractivity contribution in [2.45, 2.75) is 23.3 Å². The summed E-state index contributed by atoms with van der Waals surface area (Å²) < 4.78 is 28.6. The Balaban J connectivity index is 1.46. The van der Waals surface area contributed by atoms with Crippen molar-refractivity contribution < 1.29 is 18.3 Å². The van der Waals surface area contributed by atoms with E-state index in [9.17, 15) is 18.3 Å². The van der Waals surface area contributed by atoms with Crippen LogP contribution in [0.1, 0.15) is 39.9 Å². The van der Waals surface area contributed by atoms with E-state index in [1.807, 2.05) is 12.1 Å². The maximum Gasteiger partial charge on any atom is 0.335 e. The molecule has 3 N–H and O–H groups in total. The Morgan fingerprint density at radius 1 is 1.03 bits per heavy atom.